The van der Waals surface area contributed by atoms with Crippen molar-refractivity contribution in [3.05, 3.63) is 84.7 Å². The number of amides is 4. The maximum absolute atomic E-state index is 13.6. The van der Waals surface area contributed by atoms with Gasteiger partial charge in [0.05, 0.1) is 50.1 Å². The van der Waals surface area contributed by atoms with E-state index in [1.54, 1.807) is 0 Å². The first kappa shape index (κ1) is 40.0. The molecule has 2 aromatic heterocycles. The monoisotopic (exact) mass is 788 g/mol. The van der Waals surface area contributed by atoms with Crippen LogP contribution in [0.4, 0.5) is 9.59 Å². The SMILES string of the molecule is COC(=O)N[C@H](C(=O)N1CCC[C@H]1c1ncc(-c2cccc(-c3ccc4cc(-c5cnc([C@@H]6CCCN6C(=O)[C@@H](NC(=O)OC)C(C)C)[nH]5)ccc4c3)c2)[nH]1)C(C)C. The number of alkyl carbamates (subject to hydrolysis) is 2. The van der Waals surface area contributed by atoms with Gasteiger partial charge in [-0.05, 0) is 77.6 Å². The molecule has 2 aliphatic rings. The van der Waals surface area contributed by atoms with Crippen LogP contribution in [0, 0.1) is 11.8 Å². The van der Waals surface area contributed by atoms with E-state index >= 15 is 0 Å². The van der Waals surface area contributed by atoms with E-state index in [-0.39, 0.29) is 35.7 Å². The number of carbonyl (C=O) groups excluding carboxylic acids is 4. The number of nitrogens with one attached hydrogen (secondary N) is 4. The van der Waals surface area contributed by atoms with E-state index in [0.717, 1.165) is 81.7 Å². The van der Waals surface area contributed by atoms with Crippen LogP contribution >= 0.6 is 0 Å². The zero-order valence-corrected chi connectivity index (χ0v) is 33.9. The van der Waals surface area contributed by atoms with Crippen LogP contribution in [-0.2, 0) is 19.1 Å². The highest BCUT2D eigenvalue weighted by atomic mass is 16.5. The molecule has 14 heteroatoms. The van der Waals surface area contributed by atoms with Gasteiger partial charge in [-0.15, -0.1) is 0 Å². The summed E-state index contributed by atoms with van der Waals surface area (Å²) in [5.41, 5.74) is 5.82. The second-order valence-electron chi connectivity index (χ2n) is 15.8. The molecule has 0 unspecified atom stereocenters. The topological polar surface area (TPSA) is 175 Å². The molecular formula is C44H52N8O6. The third-order valence-electron chi connectivity index (χ3n) is 11.3. The van der Waals surface area contributed by atoms with Gasteiger partial charge in [-0.3, -0.25) is 9.59 Å². The van der Waals surface area contributed by atoms with E-state index in [1.165, 1.54) is 14.2 Å². The van der Waals surface area contributed by atoms with Gasteiger partial charge < -0.3 is 39.9 Å². The minimum absolute atomic E-state index is 0.108. The molecule has 4 amide bonds. The normalized spacial score (nSPS) is 17.8. The number of nitrogens with zero attached hydrogens (tertiary/aromatic N) is 4. The zero-order chi connectivity index (χ0) is 41.1. The van der Waals surface area contributed by atoms with Crippen LogP contribution in [0.1, 0.15) is 77.1 Å². The van der Waals surface area contributed by atoms with Gasteiger partial charge in [-0.2, -0.15) is 0 Å². The molecule has 2 fully saturated rings. The van der Waals surface area contributed by atoms with Crippen molar-refractivity contribution < 1.29 is 28.7 Å². The van der Waals surface area contributed by atoms with E-state index in [9.17, 15) is 19.2 Å². The number of benzene rings is 3. The fourth-order valence-electron chi connectivity index (χ4n) is 8.15. The van der Waals surface area contributed by atoms with Crippen molar-refractivity contribution in [2.75, 3.05) is 27.3 Å². The van der Waals surface area contributed by atoms with Crippen molar-refractivity contribution >= 4 is 34.8 Å². The molecular weight excluding hydrogens is 737 g/mol. The highest BCUT2D eigenvalue weighted by molar-refractivity contribution is 5.91. The second kappa shape index (κ2) is 17.1. The van der Waals surface area contributed by atoms with Crippen molar-refractivity contribution in [2.24, 2.45) is 11.8 Å². The number of methoxy groups -OCH3 is 2. The highest BCUT2D eigenvalue weighted by Crippen LogP contribution is 2.36. The fraction of sp³-hybridized carbons (Fsp3) is 0.409. The minimum atomic E-state index is -0.694. The minimum Gasteiger partial charge on any atom is -0.453 e. The molecule has 58 heavy (non-hydrogen) atoms. The first-order valence-corrected chi connectivity index (χ1v) is 20.0. The Kier molecular flexibility index (Phi) is 11.8. The van der Waals surface area contributed by atoms with E-state index in [1.807, 2.05) is 62.0 Å². The van der Waals surface area contributed by atoms with Gasteiger partial charge in [0.15, 0.2) is 0 Å². The Balaban J connectivity index is 1.06. The number of imidazole rings is 2. The first-order valence-electron chi connectivity index (χ1n) is 20.0. The van der Waals surface area contributed by atoms with Crippen molar-refractivity contribution in [1.29, 1.82) is 0 Å². The Morgan fingerprint density at radius 2 is 1.07 bits per heavy atom. The summed E-state index contributed by atoms with van der Waals surface area (Å²) in [5.74, 6) is 0.947. The summed E-state index contributed by atoms with van der Waals surface area (Å²) >= 11 is 0. The van der Waals surface area contributed by atoms with Gasteiger partial charge >= 0.3 is 12.2 Å². The van der Waals surface area contributed by atoms with Crippen molar-refractivity contribution in [3.8, 4) is 33.6 Å². The van der Waals surface area contributed by atoms with Crippen LogP contribution in [-0.4, -0.2) is 93.1 Å². The number of fused-ring (bicyclic) bond motifs is 1. The smallest absolute Gasteiger partial charge is 0.407 e. The Morgan fingerprint density at radius 3 is 1.55 bits per heavy atom. The second-order valence-corrected chi connectivity index (χ2v) is 15.8. The van der Waals surface area contributed by atoms with Gasteiger partial charge in [0, 0.05) is 24.2 Å². The zero-order valence-electron chi connectivity index (χ0n) is 33.9. The first-order chi connectivity index (χ1) is 27.9. The third kappa shape index (κ3) is 8.27. The van der Waals surface area contributed by atoms with Gasteiger partial charge in [-0.1, -0.05) is 70.2 Å². The molecule has 0 spiro atoms. The maximum Gasteiger partial charge on any atom is 0.407 e. The molecule has 5 aromatic rings. The molecule has 14 nitrogen and oxygen atoms in total. The molecule has 0 saturated carbocycles. The molecule has 3 aromatic carbocycles. The molecule has 0 radical (unpaired) electrons. The summed E-state index contributed by atoms with van der Waals surface area (Å²) < 4.78 is 9.54. The molecule has 2 saturated heterocycles. The summed E-state index contributed by atoms with van der Waals surface area (Å²) in [4.78, 5) is 71.2. The van der Waals surface area contributed by atoms with E-state index in [0.29, 0.717) is 13.1 Å². The molecule has 4 heterocycles. The molecule has 4 N–H and O–H groups in total. The molecule has 304 valence electrons. The number of hydrogen-bond acceptors (Lipinski definition) is 8. The largest absolute Gasteiger partial charge is 0.453 e. The lowest BCUT2D eigenvalue weighted by Gasteiger charge is -2.30. The van der Waals surface area contributed by atoms with Crippen LogP contribution in [0.25, 0.3) is 44.4 Å². The summed E-state index contributed by atoms with van der Waals surface area (Å²) in [7, 11) is 2.58. The van der Waals surface area contributed by atoms with E-state index in [4.69, 9.17) is 19.4 Å². The lowest BCUT2D eigenvalue weighted by Crippen LogP contribution is -2.51. The summed E-state index contributed by atoms with van der Waals surface area (Å²) in [6.45, 7) is 8.79. The van der Waals surface area contributed by atoms with Gasteiger partial charge in [0.2, 0.25) is 11.8 Å². The number of H-pyrrole nitrogens is 2. The predicted molar refractivity (Wildman–Crippen MR) is 220 cm³/mol. The van der Waals surface area contributed by atoms with Crippen molar-refractivity contribution in [1.82, 2.24) is 40.4 Å². The standard InChI is InChI=1S/C44H52N8O6/c1-25(2)37(49-43(55)57-5)41(53)51-18-8-12-35(51)39-45-23-33(47-39)31-11-7-10-27(21-31)28-14-15-30-22-32(17-16-29(30)20-28)34-24-46-40(48-34)36-13-9-19-52(36)42(54)38(26(3)4)50-44(56)58-6/h7,10-11,14-17,20-26,35-38H,8-9,12-13,18-19H2,1-6H3,(H,45,47)(H,46,48)(H,49,55)(H,50,56)/t35-,36-,37-,38-/m0/s1. The van der Waals surface area contributed by atoms with Gasteiger partial charge in [-0.25, -0.2) is 19.6 Å². The number of hydrogen-bond donors (Lipinski definition) is 4. The maximum atomic E-state index is 13.6. The van der Waals surface area contributed by atoms with Crippen molar-refractivity contribution in [3.63, 3.8) is 0 Å². The Hall–Kier alpha value is -6.18. The molecule has 0 aliphatic carbocycles. The predicted octanol–water partition coefficient (Wildman–Crippen LogP) is 7.38. The number of rotatable bonds is 11. The van der Waals surface area contributed by atoms with Gasteiger partial charge in [0.1, 0.15) is 23.7 Å². The molecule has 0 bridgehead atoms. The summed E-state index contributed by atoms with van der Waals surface area (Å²) in [6, 6.07) is 19.2. The van der Waals surface area contributed by atoms with E-state index < -0.39 is 24.3 Å². The Morgan fingerprint density at radius 1 is 0.638 bits per heavy atom. The molecule has 4 atom stereocenters. The third-order valence-corrected chi connectivity index (χ3v) is 11.3. The fourth-order valence-corrected chi connectivity index (χ4v) is 8.15. The lowest BCUT2D eigenvalue weighted by atomic mass is 9.98. The lowest BCUT2D eigenvalue weighted by molar-refractivity contribution is -0.136. The molecule has 2 aliphatic heterocycles. The molecule has 7 rings (SSSR count). The number of aromatic amines is 2. The number of likely N-dealkylation sites (tertiary alicyclic amines) is 2. The van der Waals surface area contributed by atoms with Crippen LogP contribution < -0.4 is 10.6 Å². The van der Waals surface area contributed by atoms with Crippen LogP contribution in [0.5, 0.6) is 0 Å². The van der Waals surface area contributed by atoms with Crippen molar-refractivity contribution in [2.45, 2.75) is 77.5 Å². The Labute approximate surface area is 338 Å². The number of ether oxygens (including phenoxy) is 2. The Bertz CT molecular complexity index is 2300. The average molecular weight is 789 g/mol. The summed E-state index contributed by atoms with van der Waals surface area (Å²) in [6.07, 6.45) is 5.63. The van der Waals surface area contributed by atoms with Crippen LogP contribution in [0.2, 0.25) is 0 Å². The number of carbonyl (C=O) groups is 4. The van der Waals surface area contributed by atoms with Crippen LogP contribution in [0.15, 0.2) is 73.1 Å². The quantitative estimate of drug-likeness (QED) is 0.107. The van der Waals surface area contributed by atoms with Crippen LogP contribution in [0.3, 0.4) is 0 Å². The van der Waals surface area contributed by atoms with E-state index in [2.05, 4.69) is 69.1 Å². The number of aromatic nitrogens is 4. The average Bonchev–Trinajstić information content (AvgIpc) is 4.07. The van der Waals surface area contributed by atoms with Gasteiger partial charge in [0.25, 0.3) is 0 Å². The highest BCUT2D eigenvalue weighted by Gasteiger charge is 2.39. The summed E-state index contributed by atoms with van der Waals surface area (Å²) in [5, 5.41) is 7.58.